The fourth-order valence-electron chi connectivity index (χ4n) is 1.02. The lowest BCUT2D eigenvalue weighted by atomic mass is 10.2. The molecule has 14 heavy (non-hydrogen) atoms. The fourth-order valence-corrected chi connectivity index (χ4v) is 1.35. The fraction of sp³-hybridized carbons (Fsp3) is 0.571. The molecule has 1 rings (SSSR count). The van der Waals surface area contributed by atoms with Crippen molar-refractivity contribution in [2.75, 3.05) is 11.2 Å². The van der Waals surface area contributed by atoms with Crippen LogP contribution in [0.1, 0.15) is 0 Å². The normalized spacial score (nSPS) is 23.6. The number of hydrogen-bond acceptors (Lipinski definition) is 6. The molecule has 0 spiro atoms. The smallest absolute Gasteiger partial charge is 0.378 e. The van der Waals surface area contributed by atoms with Gasteiger partial charge in [0.05, 0.1) is 6.61 Å². The van der Waals surface area contributed by atoms with E-state index in [1.54, 1.807) is 0 Å². The lowest BCUT2D eigenvalue weighted by molar-refractivity contribution is -0.147. The summed E-state index contributed by atoms with van der Waals surface area (Å²) < 4.78 is 9.71. The van der Waals surface area contributed by atoms with Gasteiger partial charge in [0, 0.05) is 0 Å². The van der Waals surface area contributed by atoms with Crippen LogP contribution in [-0.2, 0) is 14.3 Å². The van der Waals surface area contributed by atoms with Crippen molar-refractivity contribution in [3.63, 3.8) is 0 Å². The van der Waals surface area contributed by atoms with Gasteiger partial charge in [-0.05, 0) is 22.6 Å². The van der Waals surface area contributed by atoms with Crippen LogP contribution in [0.25, 0.3) is 0 Å². The third kappa shape index (κ3) is 2.10. The molecule has 1 aliphatic heterocycles. The summed E-state index contributed by atoms with van der Waals surface area (Å²) in [5.41, 5.74) is 0. The number of rotatable bonds is 4. The van der Waals surface area contributed by atoms with Crippen LogP contribution in [0.2, 0.25) is 0 Å². The zero-order valence-corrected chi connectivity index (χ0v) is 9.17. The van der Waals surface area contributed by atoms with Crippen molar-refractivity contribution in [2.24, 2.45) is 0 Å². The summed E-state index contributed by atoms with van der Waals surface area (Å²) in [7, 11) is 0. The minimum atomic E-state index is -1.29. The van der Waals surface area contributed by atoms with Crippen LogP contribution in [0.15, 0.2) is 11.5 Å². The van der Waals surface area contributed by atoms with Gasteiger partial charge in [-0.3, -0.25) is 0 Å². The van der Waals surface area contributed by atoms with Gasteiger partial charge >= 0.3 is 5.97 Å². The lowest BCUT2D eigenvalue weighted by Crippen LogP contribution is -2.32. The summed E-state index contributed by atoms with van der Waals surface area (Å²) >= 11 is 1.86. The number of carbonyl (C=O) groups is 1. The van der Waals surface area contributed by atoms with E-state index >= 15 is 0 Å². The number of ether oxygens (including phenoxy) is 2. The van der Waals surface area contributed by atoms with Crippen LogP contribution in [-0.4, -0.2) is 44.7 Å². The largest absolute Gasteiger partial charge is 0.499 e. The number of cyclic esters (lactones) is 1. The Morgan fingerprint density at radius 1 is 1.64 bits per heavy atom. The number of carbonyl (C=O) groups excluding carboxylic acids is 1. The predicted octanol–water partition coefficient (Wildman–Crippen LogP) is -0.556. The van der Waals surface area contributed by atoms with Gasteiger partial charge in [-0.2, -0.15) is 0 Å². The second-order valence-corrected chi connectivity index (χ2v) is 3.16. The van der Waals surface area contributed by atoms with Crippen molar-refractivity contribution in [2.45, 2.75) is 12.2 Å². The summed E-state index contributed by atoms with van der Waals surface area (Å²) in [5.74, 6) is -1.74. The van der Waals surface area contributed by atoms with Gasteiger partial charge in [0.15, 0.2) is 11.9 Å². The molecule has 1 heterocycles. The van der Waals surface area contributed by atoms with E-state index in [1.165, 1.54) is 0 Å². The number of halogens is 1. The van der Waals surface area contributed by atoms with Gasteiger partial charge in [-0.15, -0.1) is 0 Å². The molecule has 0 fully saturated rings. The number of aliphatic hydroxyl groups is 3. The number of esters is 1. The van der Waals surface area contributed by atoms with Crippen LogP contribution in [0.4, 0.5) is 0 Å². The van der Waals surface area contributed by atoms with Crippen LogP contribution in [0, 0.1) is 0 Å². The molecule has 1 aliphatic rings. The van der Waals surface area contributed by atoms with Gasteiger partial charge in [0.25, 0.3) is 0 Å². The average Bonchev–Trinajstić information content (AvgIpc) is 2.45. The van der Waals surface area contributed by atoms with Crippen molar-refractivity contribution < 1.29 is 29.6 Å². The van der Waals surface area contributed by atoms with E-state index in [-0.39, 0.29) is 10.4 Å². The molecular formula is C7H9IO6. The maximum absolute atomic E-state index is 10.9. The third-order valence-corrected chi connectivity index (χ3v) is 1.98. The predicted molar refractivity (Wildman–Crippen MR) is 52.6 cm³/mol. The first-order valence-electron chi connectivity index (χ1n) is 3.73. The highest BCUT2D eigenvalue weighted by Crippen LogP contribution is 2.25. The second-order valence-electron chi connectivity index (χ2n) is 2.54. The summed E-state index contributed by atoms with van der Waals surface area (Å²) in [6, 6.07) is 0. The Hall–Kier alpha value is -0.540. The minimum absolute atomic E-state index is 0.133. The lowest BCUT2D eigenvalue weighted by Gasteiger charge is -2.17. The van der Waals surface area contributed by atoms with E-state index < -0.39 is 30.5 Å². The van der Waals surface area contributed by atoms with Crippen molar-refractivity contribution in [1.82, 2.24) is 0 Å². The molecule has 0 aromatic carbocycles. The van der Waals surface area contributed by atoms with E-state index in [2.05, 4.69) is 4.74 Å². The molecule has 80 valence electrons. The molecule has 0 saturated carbocycles. The van der Waals surface area contributed by atoms with Crippen LogP contribution < -0.4 is 0 Å². The molecule has 0 saturated heterocycles. The summed E-state index contributed by atoms with van der Waals surface area (Å²) in [6.07, 6.45) is -2.41. The van der Waals surface area contributed by atoms with Crippen molar-refractivity contribution in [1.29, 1.82) is 0 Å². The Kier molecular flexibility index (Phi) is 3.96. The van der Waals surface area contributed by atoms with Crippen molar-refractivity contribution in [3.05, 3.63) is 11.5 Å². The van der Waals surface area contributed by atoms with E-state index in [0.29, 0.717) is 0 Å². The van der Waals surface area contributed by atoms with Gasteiger partial charge in [-0.1, -0.05) is 0 Å². The third-order valence-electron chi connectivity index (χ3n) is 1.67. The van der Waals surface area contributed by atoms with Crippen molar-refractivity contribution in [3.8, 4) is 0 Å². The van der Waals surface area contributed by atoms with Gasteiger partial charge in [-0.25, -0.2) is 4.79 Å². The monoisotopic (exact) mass is 316 g/mol. The van der Waals surface area contributed by atoms with E-state index in [0.717, 1.165) is 0 Å². The summed E-state index contributed by atoms with van der Waals surface area (Å²) in [6.45, 7) is -0.584. The van der Waals surface area contributed by atoms with Crippen LogP contribution >= 0.6 is 22.6 Å². The van der Waals surface area contributed by atoms with Gasteiger partial charge < -0.3 is 24.8 Å². The first-order valence-corrected chi connectivity index (χ1v) is 5.26. The standard InChI is InChI=1S/C7H9IO6/c8-2-13-6-4(11)7(12)14-5(6)3(10)1-9/h3,5,9-11H,1-2H2/t3-,5+/m0/s1. The summed E-state index contributed by atoms with van der Waals surface area (Å²) in [4.78, 5) is 10.9. The molecule has 7 heteroatoms. The molecule has 0 bridgehead atoms. The maximum atomic E-state index is 10.9. The highest BCUT2D eigenvalue weighted by atomic mass is 127. The Morgan fingerprint density at radius 3 is 2.79 bits per heavy atom. The molecule has 0 radical (unpaired) electrons. The molecule has 0 amide bonds. The molecular weight excluding hydrogens is 307 g/mol. The molecule has 0 aliphatic carbocycles. The average molecular weight is 316 g/mol. The maximum Gasteiger partial charge on any atom is 0.378 e. The summed E-state index contributed by atoms with van der Waals surface area (Å²) in [5, 5.41) is 27.1. The number of aliphatic hydroxyl groups excluding tert-OH is 3. The quantitative estimate of drug-likeness (QED) is 0.366. The van der Waals surface area contributed by atoms with Crippen LogP contribution in [0.5, 0.6) is 0 Å². The minimum Gasteiger partial charge on any atom is -0.499 e. The molecule has 6 nitrogen and oxygen atoms in total. The molecule has 0 unspecified atom stereocenters. The molecule has 0 aromatic heterocycles. The zero-order chi connectivity index (χ0) is 10.7. The Balaban J connectivity index is 2.84. The van der Waals surface area contributed by atoms with Crippen LogP contribution in [0.3, 0.4) is 0 Å². The number of hydrogen-bond donors (Lipinski definition) is 3. The Bertz CT molecular complexity index is 263. The molecule has 2 atom stereocenters. The highest BCUT2D eigenvalue weighted by molar-refractivity contribution is 14.1. The number of alkyl halides is 1. The van der Waals surface area contributed by atoms with E-state index in [4.69, 9.17) is 9.84 Å². The van der Waals surface area contributed by atoms with Crippen molar-refractivity contribution >= 4 is 28.6 Å². The Morgan fingerprint density at radius 2 is 2.29 bits per heavy atom. The zero-order valence-electron chi connectivity index (χ0n) is 7.01. The van der Waals surface area contributed by atoms with Gasteiger partial charge in [0.2, 0.25) is 5.76 Å². The first-order chi connectivity index (χ1) is 6.61. The Labute approximate surface area is 93.3 Å². The van der Waals surface area contributed by atoms with E-state index in [1.807, 2.05) is 22.6 Å². The molecule has 0 aromatic rings. The molecule has 3 N–H and O–H groups in total. The second kappa shape index (κ2) is 4.80. The first kappa shape index (κ1) is 11.5. The van der Waals surface area contributed by atoms with Gasteiger partial charge in [0.1, 0.15) is 10.7 Å². The highest BCUT2D eigenvalue weighted by Gasteiger charge is 2.40. The van der Waals surface area contributed by atoms with E-state index in [9.17, 15) is 15.0 Å². The topological polar surface area (TPSA) is 96.2 Å². The SMILES string of the molecule is O=C1O[C@H]([C@@H](O)CO)C(OCI)=C1O.